The number of rotatable bonds is 2. The molecule has 2 fully saturated rings. The number of nitrogens with zero attached hydrogens (tertiary/aromatic N) is 1. The highest BCUT2D eigenvalue weighted by Crippen LogP contribution is 2.33. The number of ether oxygens (including phenoxy) is 2. The summed E-state index contributed by atoms with van der Waals surface area (Å²) in [4.78, 5) is 0.435. The zero-order valence-electron chi connectivity index (χ0n) is 14.0. The van der Waals surface area contributed by atoms with E-state index in [2.05, 4.69) is 0 Å². The maximum Gasteiger partial charge on any atom is 0.243 e. The van der Waals surface area contributed by atoms with E-state index >= 15 is 0 Å². The molecule has 0 N–H and O–H groups in total. The molecule has 6 heteroatoms. The van der Waals surface area contributed by atoms with Crippen LogP contribution in [-0.2, 0) is 32.3 Å². The Balaban J connectivity index is 1.51. The molecule has 1 aromatic rings. The Morgan fingerprint density at radius 3 is 2.29 bits per heavy atom. The Labute approximate surface area is 144 Å². The molecule has 2 saturated heterocycles. The van der Waals surface area contributed by atoms with Crippen molar-refractivity contribution in [2.45, 2.75) is 55.6 Å². The summed E-state index contributed by atoms with van der Waals surface area (Å²) < 4.78 is 39.2. The Bertz CT molecular complexity index is 700. The molecule has 0 saturated carbocycles. The van der Waals surface area contributed by atoms with Gasteiger partial charge in [0, 0.05) is 25.9 Å². The first kappa shape index (κ1) is 16.5. The fourth-order valence-corrected chi connectivity index (χ4v) is 5.48. The molecule has 1 aliphatic carbocycles. The second-order valence-electron chi connectivity index (χ2n) is 7.00. The highest BCUT2D eigenvalue weighted by molar-refractivity contribution is 7.89. The van der Waals surface area contributed by atoms with Gasteiger partial charge in [-0.2, -0.15) is 4.31 Å². The molecule has 24 heavy (non-hydrogen) atoms. The van der Waals surface area contributed by atoms with Gasteiger partial charge in [0.25, 0.3) is 0 Å². The molecule has 1 spiro atoms. The summed E-state index contributed by atoms with van der Waals surface area (Å²) in [6.45, 7) is 2.33. The van der Waals surface area contributed by atoms with Gasteiger partial charge in [0.2, 0.25) is 10.0 Å². The number of benzene rings is 1. The molecule has 0 aromatic heterocycles. The molecule has 4 rings (SSSR count). The maximum atomic E-state index is 13.0. The molecule has 5 nitrogen and oxygen atoms in total. The van der Waals surface area contributed by atoms with Crippen LogP contribution in [0.25, 0.3) is 0 Å². The van der Waals surface area contributed by atoms with Crippen molar-refractivity contribution in [1.82, 2.24) is 4.31 Å². The average Bonchev–Trinajstić information content (AvgIpc) is 2.62. The molecule has 0 bridgehead atoms. The lowest BCUT2D eigenvalue weighted by Crippen LogP contribution is -2.51. The summed E-state index contributed by atoms with van der Waals surface area (Å²) in [6.07, 6.45) is 6.54. The number of hydrogen-bond acceptors (Lipinski definition) is 4. The van der Waals surface area contributed by atoms with Crippen molar-refractivity contribution in [2.75, 3.05) is 26.3 Å². The van der Waals surface area contributed by atoms with Crippen LogP contribution in [0.1, 0.15) is 43.2 Å². The van der Waals surface area contributed by atoms with Crippen LogP contribution in [0, 0.1) is 0 Å². The van der Waals surface area contributed by atoms with Crippen molar-refractivity contribution in [3.05, 3.63) is 29.3 Å². The second kappa shape index (κ2) is 6.41. The lowest BCUT2D eigenvalue weighted by Gasteiger charge is -2.42. The summed E-state index contributed by atoms with van der Waals surface area (Å²) in [6, 6.07) is 5.67. The molecule has 2 heterocycles. The zero-order chi connectivity index (χ0) is 16.6. The van der Waals surface area contributed by atoms with Gasteiger partial charge in [-0.1, -0.05) is 6.07 Å². The zero-order valence-corrected chi connectivity index (χ0v) is 14.8. The minimum absolute atomic E-state index is 0.435. The summed E-state index contributed by atoms with van der Waals surface area (Å²) in [5, 5.41) is 0. The van der Waals surface area contributed by atoms with Gasteiger partial charge in [0.05, 0.1) is 18.1 Å². The van der Waals surface area contributed by atoms with E-state index in [1.54, 1.807) is 10.4 Å². The number of sulfonamides is 1. The first-order valence-corrected chi connectivity index (χ1v) is 10.4. The third-order valence-corrected chi connectivity index (χ3v) is 7.36. The second-order valence-corrected chi connectivity index (χ2v) is 8.94. The highest BCUT2D eigenvalue weighted by atomic mass is 32.2. The first-order chi connectivity index (χ1) is 11.6. The van der Waals surface area contributed by atoms with E-state index in [0.29, 0.717) is 44.0 Å². The minimum atomic E-state index is -3.43. The van der Waals surface area contributed by atoms with Crippen LogP contribution in [0.3, 0.4) is 0 Å². The van der Waals surface area contributed by atoms with Crippen LogP contribution < -0.4 is 0 Å². The van der Waals surface area contributed by atoms with E-state index < -0.39 is 15.8 Å². The van der Waals surface area contributed by atoms with Crippen molar-refractivity contribution < 1.29 is 17.9 Å². The molecule has 1 aromatic carbocycles. The predicted molar refractivity (Wildman–Crippen MR) is 90.3 cm³/mol. The molecule has 0 atom stereocenters. The van der Waals surface area contributed by atoms with Crippen LogP contribution in [0.15, 0.2) is 23.1 Å². The van der Waals surface area contributed by atoms with Crippen LogP contribution in [0.2, 0.25) is 0 Å². The predicted octanol–water partition coefficient (Wildman–Crippen LogP) is 2.48. The van der Waals surface area contributed by atoms with Crippen LogP contribution in [0.4, 0.5) is 0 Å². The molecule has 0 unspecified atom stereocenters. The quantitative estimate of drug-likeness (QED) is 0.821. The average molecular weight is 351 g/mol. The van der Waals surface area contributed by atoms with Gasteiger partial charge in [-0.25, -0.2) is 8.42 Å². The lowest BCUT2D eigenvalue weighted by atomic mass is 9.92. The van der Waals surface area contributed by atoms with Crippen molar-refractivity contribution in [1.29, 1.82) is 0 Å². The van der Waals surface area contributed by atoms with Crippen molar-refractivity contribution in [3.63, 3.8) is 0 Å². The topological polar surface area (TPSA) is 55.8 Å². The standard InChI is InChI=1S/C18H25NO4S/c20-24(21,17-7-6-15-4-1-2-5-16(15)14-17)19-10-8-18(9-11-19)22-12-3-13-23-18/h6-7,14H,1-5,8-13H2. The van der Waals surface area contributed by atoms with Gasteiger partial charge in [-0.15, -0.1) is 0 Å². The third kappa shape index (κ3) is 3.01. The minimum Gasteiger partial charge on any atom is -0.350 e. The largest absolute Gasteiger partial charge is 0.350 e. The van der Waals surface area contributed by atoms with Crippen LogP contribution in [0.5, 0.6) is 0 Å². The van der Waals surface area contributed by atoms with Crippen LogP contribution >= 0.6 is 0 Å². The fraction of sp³-hybridized carbons (Fsp3) is 0.667. The first-order valence-electron chi connectivity index (χ1n) is 8.99. The normalized spacial score (nSPS) is 24.7. The molecule has 0 radical (unpaired) electrons. The van der Waals surface area contributed by atoms with Crippen molar-refractivity contribution in [3.8, 4) is 0 Å². The monoisotopic (exact) mass is 351 g/mol. The number of piperidine rings is 1. The molecular weight excluding hydrogens is 326 g/mol. The SMILES string of the molecule is O=S(=O)(c1ccc2c(c1)CCCC2)N1CCC2(CC1)OCCCO2. The smallest absolute Gasteiger partial charge is 0.243 e. The number of hydrogen-bond donors (Lipinski definition) is 0. The number of aryl methyl sites for hydroxylation is 2. The Kier molecular flexibility index (Phi) is 4.41. The van der Waals surface area contributed by atoms with Gasteiger partial charge in [0.1, 0.15) is 0 Å². The van der Waals surface area contributed by atoms with E-state index in [1.165, 1.54) is 17.5 Å². The third-order valence-electron chi connectivity index (χ3n) is 5.46. The summed E-state index contributed by atoms with van der Waals surface area (Å²) >= 11 is 0. The Morgan fingerprint density at radius 1 is 0.917 bits per heavy atom. The molecule has 0 amide bonds. The molecule has 3 aliphatic rings. The summed E-state index contributed by atoms with van der Waals surface area (Å²) in [5.74, 6) is -0.555. The van der Waals surface area contributed by atoms with Gasteiger partial charge >= 0.3 is 0 Å². The van der Waals surface area contributed by atoms with Crippen LogP contribution in [-0.4, -0.2) is 44.8 Å². The fourth-order valence-electron chi connectivity index (χ4n) is 3.99. The summed E-state index contributed by atoms with van der Waals surface area (Å²) in [5.41, 5.74) is 2.51. The van der Waals surface area contributed by atoms with Gasteiger partial charge in [-0.05, 0) is 55.4 Å². The van der Waals surface area contributed by atoms with E-state index in [1.807, 2.05) is 12.1 Å². The van der Waals surface area contributed by atoms with E-state index in [4.69, 9.17) is 9.47 Å². The Morgan fingerprint density at radius 2 is 1.58 bits per heavy atom. The van der Waals surface area contributed by atoms with E-state index in [0.717, 1.165) is 25.7 Å². The van der Waals surface area contributed by atoms with Crippen molar-refractivity contribution >= 4 is 10.0 Å². The van der Waals surface area contributed by atoms with Gasteiger partial charge in [0.15, 0.2) is 5.79 Å². The number of fused-ring (bicyclic) bond motifs is 1. The molecule has 2 aliphatic heterocycles. The summed E-state index contributed by atoms with van der Waals surface area (Å²) in [7, 11) is -3.43. The molecular formula is C18H25NO4S. The Hall–Kier alpha value is -0.950. The van der Waals surface area contributed by atoms with Crippen molar-refractivity contribution in [2.24, 2.45) is 0 Å². The van der Waals surface area contributed by atoms with E-state index in [9.17, 15) is 8.42 Å². The van der Waals surface area contributed by atoms with Gasteiger partial charge in [-0.3, -0.25) is 0 Å². The van der Waals surface area contributed by atoms with Gasteiger partial charge < -0.3 is 9.47 Å². The highest BCUT2D eigenvalue weighted by Gasteiger charge is 2.41. The molecule has 132 valence electrons. The lowest BCUT2D eigenvalue weighted by molar-refractivity contribution is -0.280. The maximum absolute atomic E-state index is 13.0. The van der Waals surface area contributed by atoms with E-state index in [-0.39, 0.29) is 0 Å².